The zero-order chi connectivity index (χ0) is 4.99. The van der Waals surface area contributed by atoms with Gasteiger partial charge in [-0.1, -0.05) is 20.1 Å². The van der Waals surface area contributed by atoms with E-state index >= 15 is 0 Å². The molecule has 0 aliphatic carbocycles. The molecule has 0 saturated heterocycles. The van der Waals surface area contributed by atoms with E-state index in [4.69, 9.17) is 0 Å². The zero-order valence-electron chi connectivity index (χ0n) is 4.12. The summed E-state index contributed by atoms with van der Waals surface area (Å²) in [7, 11) is 0. The van der Waals surface area contributed by atoms with Gasteiger partial charge >= 0.3 is 0 Å². The van der Waals surface area contributed by atoms with Crippen molar-refractivity contribution in [1.82, 2.24) is 0 Å². The van der Waals surface area contributed by atoms with Crippen molar-refractivity contribution >= 4 is 0 Å². The van der Waals surface area contributed by atoms with Gasteiger partial charge in [0.25, 0.3) is 0 Å². The fourth-order valence-corrected chi connectivity index (χ4v) is 0.125. The smallest absolute Gasteiger partial charge is 0.0233 e. The molecule has 0 saturated carbocycles. The first kappa shape index (κ1) is 5.48. The predicted octanol–water partition coefficient (Wildman–Crippen LogP) is 1.94. The zero-order valence-corrected chi connectivity index (χ0v) is 4.12. The van der Waals surface area contributed by atoms with Crippen LogP contribution in [0.1, 0.15) is 13.3 Å². The minimum absolute atomic E-state index is 0.962. The number of rotatable bonds is 2. The van der Waals surface area contributed by atoms with Gasteiger partial charge in [0, 0.05) is 0 Å². The Labute approximate surface area is 39.2 Å². The second-order valence-electron chi connectivity index (χ2n) is 1.13. The first-order chi connectivity index (χ1) is 2.81. The minimum atomic E-state index is 0.962. The van der Waals surface area contributed by atoms with Gasteiger partial charge in [-0.15, -0.1) is 0 Å². The summed E-state index contributed by atoms with van der Waals surface area (Å²) in [5.74, 6) is 0. The molecule has 0 aromatic rings. The monoisotopic (exact) mass is 81.1 g/mol. The SMILES string of the molecule is C=[C]C(=C)CC. The minimum Gasteiger partial charge on any atom is -0.0952 e. The van der Waals surface area contributed by atoms with Crippen molar-refractivity contribution in [2.75, 3.05) is 0 Å². The van der Waals surface area contributed by atoms with Crippen LogP contribution in [-0.2, 0) is 0 Å². The lowest BCUT2D eigenvalue weighted by Crippen LogP contribution is -1.64. The highest BCUT2D eigenvalue weighted by atomic mass is 13.8. The molecule has 33 valence electrons. The molecule has 0 amide bonds. The van der Waals surface area contributed by atoms with E-state index in [9.17, 15) is 0 Å². The molecule has 0 aliphatic heterocycles. The lowest BCUT2D eigenvalue weighted by atomic mass is 10.2. The standard InChI is InChI=1S/C6H9/c1-4-6(3)5-2/h1,3,5H2,2H3. The summed E-state index contributed by atoms with van der Waals surface area (Å²) in [5.41, 5.74) is 0.981. The Bertz CT molecular complexity index is 60.4. The van der Waals surface area contributed by atoms with Crippen molar-refractivity contribution in [3.05, 3.63) is 24.8 Å². The van der Waals surface area contributed by atoms with Gasteiger partial charge in [-0.3, -0.25) is 0 Å². The van der Waals surface area contributed by atoms with Crippen LogP contribution in [0.15, 0.2) is 18.7 Å². The van der Waals surface area contributed by atoms with Crippen molar-refractivity contribution in [2.45, 2.75) is 13.3 Å². The molecular weight excluding hydrogens is 72.1 g/mol. The van der Waals surface area contributed by atoms with Gasteiger partial charge in [-0.2, -0.15) is 0 Å². The van der Waals surface area contributed by atoms with Gasteiger partial charge in [0.05, 0.1) is 0 Å². The van der Waals surface area contributed by atoms with Gasteiger partial charge in [-0.05, 0) is 18.1 Å². The topological polar surface area (TPSA) is 0 Å². The van der Waals surface area contributed by atoms with Crippen LogP contribution < -0.4 is 0 Å². The molecule has 0 bridgehead atoms. The maximum absolute atomic E-state index is 3.62. The Morgan fingerprint density at radius 1 is 1.83 bits per heavy atom. The molecule has 0 heteroatoms. The van der Waals surface area contributed by atoms with Crippen LogP contribution in [0.4, 0.5) is 0 Å². The molecule has 0 nitrogen and oxygen atoms in total. The third-order valence-electron chi connectivity index (χ3n) is 0.677. The van der Waals surface area contributed by atoms with Crippen molar-refractivity contribution in [3.8, 4) is 0 Å². The van der Waals surface area contributed by atoms with Gasteiger partial charge in [-0.25, -0.2) is 0 Å². The molecule has 0 aliphatic rings. The number of allylic oxidation sites excluding steroid dienone is 2. The lowest BCUT2D eigenvalue weighted by Gasteiger charge is -1.82. The predicted molar refractivity (Wildman–Crippen MR) is 28.3 cm³/mol. The van der Waals surface area contributed by atoms with Crippen LogP contribution in [0.25, 0.3) is 0 Å². The highest BCUT2D eigenvalue weighted by Crippen LogP contribution is 1.92. The maximum atomic E-state index is 3.62. The summed E-state index contributed by atoms with van der Waals surface area (Å²) in [5, 5.41) is 0. The van der Waals surface area contributed by atoms with Gasteiger partial charge in [0.2, 0.25) is 0 Å². The van der Waals surface area contributed by atoms with Crippen LogP contribution in [0.3, 0.4) is 0 Å². The van der Waals surface area contributed by atoms with E-state index in [-0.39, 0.29) is 0 Å². The molecule has 6 heavy (non-hydrogen) atoms. The molecule has 0 unspecified atom stereocenters. The van der Waals surface area contributed by atoms with Crippen LogP contribution in [-0.4, -0.2) is 0 Å². The van der Waals surface area contributed by atoms with E-state index in [1.165, 1.54) is 0 Å². The second kappa shape index (κ2) is 2.70. The van der Waals surface area contributed by atoms with Crippen LogP contribution in [0.2, 0.25) is 0 Å². The van der Waals surface area contributed by atoms with E-state index in [2.05, 4.69) is 19.2 Å². The highest BCUT2D eigenvalue weighted by Gasteiger charge is 1.73. The first-order valence-electron chi connectivity index (χ1n) is 2.02. The van der Waals surface area contributed by atoms with Crippen LogP contribution in [0.5, 0.6) is 0 Å². The molecule has 1 radical (unpaired) electrons. The van der Waals surface area contributed by atoms with Crippen LogP contribution >= 0.6 is 0 Å². The average molecular weight is 81.1 g/mol. The molecular formula is C6H9. The summed E-state index contributed by atoms with van der Waals surface area (Å²) in [6.07, 6.45) is 3.63. The van der Waals surface area contributed by atoms with E-state index < -0.39 is 0 Å². The molecule has 0 fully saturated rings. The lowest BCUT2D eigenvalue weighted by molar-refractivity contribution is 1.15. The molecule has 0 N–H and O–H groups in total. The maximum Gasteiger partial charge on any atom is -0.0233 e. The first-order valence-corrected chi connectivity index (χ1v) is 2.02. The fourth-order valence-electron chi connectivity index (χ4n) is 0.125. The Balaban J connectivity index is 3.23. The normalized spacial score (nSPS) is 7.50. The quantitative estimate of drug-likeness (QED) is 0.445. The second-order valence-corrected chi connectivity index (χ2v) is 1.13. The molecule has 0 rings (SSSR count). The van der Waals surface area contributed by atoms with Gasteiger partial charge < -0.3 is 0 Å². The summed E-state index contributed by atoms with van der Waals surface area (Å²) < 4.78 is 0. The molecule has 0 aromatic carbocycles. The van der Waals surface area contributed by atoms with Crippen molar-refractivity contribution in [2.24, 2.45) is 0 Å². The molecule has 0 atom stereocenters. The number of hydrogen-bond acceptors (Lipinski definition) is 0. The highest BCUT2D eigenvalue weighted by molar-refractivity contribution is 5.02. The average Bonchev–Trinajstić information content (AvgIpc) is 1.65. The Kier molecular flexibility index (Phi) is 2.47. The van der Waals surface area contributed by atoms with E-state index in [1.807, 2.05) is 6.92 Å². The third-order valence-corrected chi connectivity index (χ3v) is 0.677. The van der Waals surface area contributed by atoms with E-state index in [0.29, 0.717) is 0 Å². The summed E-state index contributed by atoms with van der Waals surface area (Å²) in [4.78, 5) is 0. The summed E-state index contributed by atoms with van der Waals surface area (Å²) in [6, 6.07) is 0. The van der Waals surface area contributed by atoms with Crippen molar-refractivity contribution in [1.29, 1.82) is 0 Å². The van der Waals surface area contributed by atoms with Gasteiger partial charge in [0.1, 0.15) is 0 Å². The van der Waals surface area contributed by atoms with Gasteiger partial charge in [0.15, 0.2) is 0 Å². The Morgan fingerprint density at radius 2 is 2.33 bits per heavy atom. The molecule has 0 aromatic heterocycles. The molecule has 0 heterocycles. The summed E-state index contributed by atoms with van der Waals surface area (Å²) in [6.45, 7) is 9.05. The van der Waals surface area contributed by atoms with Crippen LogP contribution in [0, 0.1) is 6.08 Å². The van der Waals surface area contributed by atoms with Crippen molar-refractivity contribution < 1.29 is 0 Å². The summed E-state index contributed by atoms with van der Waals surface area (Å²) >= 11 is 0. The fraction of sp³-hybridized carbons (Fsp3) is 0.333. The molecule has 0 spiro atoms. The Morgan fingerprint density at radius 3 is 2.33 bits per heavy atom. The third kappa shape index (κ3) is 1.77. The largest absolute Gasteiger partial charge is 0.0952 e. The van der Waals surface area contributed by atoms with Crippen molar-refractivity contribution in [3.63, 3.8) is 0 Å². The number of hydrogen-bond donors (Lipinski definition) is 0. The Hall–Kier alpha value is -0.520. The van der Waals surface area contributed by atoms with E-state index in [1.54, 1.807) is 0 Å². The van der Waals surface area contributed by atoms with E-state index in [0.717, 1.165) is 12.0 Å².